The highest BCUT2D eigenvalue weighted by molar-refractivity contribution is 5.51. The fourth-order valence-electron chi connectivity index (χ4n) is 2.15. The van der Waals surface area contributed by atoms with Crippen LogP contribution in [0.25, 0.3) is 0 Å². The summed E-state index contributed by atoms with van der Waals surface area (Å²) < 4.78 is 36.5. The zero-order chi connectivity index (χ0) is 14.1. The van der Waals surface area contributed by atoms with Crippen molar-refractivity contribution in [2.45, 2.75) is 13.0 Å². The summed E-state index contributed by atoms with van der Waals surface area (Å²) in [5.74, 6) is -0.856. The first kappa shape index (κ1) is 12.7. The molecule has 3 nitrogen and oxygen atoms in total. The summed E-state index contributed by atoms with van der Waals surface area (Å²) in [6, 6.07) is 6.78. The molecule has 1 aliphatic heterocycles. The molecule has 0 atom stereocenters. The summed E-state index contributed by atoms with van der Waals surface area (Å²) in [6.45, 7) is 0.626. The summed E-state index contributed by atoms with van der Waals surface area (Å²) in [7, 11) is 0. The van der Waals surface area contributed by atoms with Gasteiger partial charge in [-0.2, -0.15) is 0 Å². The SMILES string of the molecule is Oc1c(COc2ccc(F)c(F)c2)ccc2c1CCO2. The normalized spacial score (nSPS) is 12.9. The van der Waals surface area contributed by atoms with Gasteiger partial charge in [0.2, 0.25) is 0 Å². The third kappa shape index (κ3) is 2.27. The third-order valence-electron chi connectivity index (χ3n) is 3.22. The Hall–Kier alpha value is -2.30. The lowest BCUT2D eigenvalue weighted by Crippen LogP contribution is -1.98. The van der Waals surface area contributed by atoms with Crippen LogP contribution in [0.15, 0.2) is 30.3 Å². The third-order valence-corrected chi connectivity index (χ3v) is 3.22. The van der Waals surface area contributed by atoms with Crippen molar-refractivity contribution >= 4 is 0 Å². The van der Waals surface area contributed by atoms with Gasteiger partial charge in [0.1, 0.15) is 23.9 Å². The van der Waals surface area contributed by atoms with E-state index in [4.69, 9.17) is 9.47 Å². The van der Waals surface area contributed by atoms with Gasteiger partial charge in [0.25, 0.3) is 0 Å². The molecule has 0 aromatic heterocycles. The predicted octanol–water partition coefficient (Wildman–Crippen LogP) is 3.18. The van der Waals surface area contributed by atoms with Crippen LogP contribution in [0.2, 0.25) is 0 Å². The van der Waals surface area contributed by atoms with Gasteiger partial charge in [0.05, 0.1) is 6.61 Å². The highest BCUT2D eigenvalue weighted by Gasteiger charge is 2.19. The molecule has 0 aliphatic carbocycles. The van der Waals surface area contributed by atoms with Crippen LogP contribution < -0.4 is 9.47 Å². The topological polar surface area (TPSA) is 38.7 Å². The van der Waals surface area contributed by atoms with Crippen LogP contribution in [0, 0.1) is 11.6 Å². The first-order chi connectivity index (χ1) is 9.65. The minimum absolute atomic E-state index is 0.0736. The fraction of sp³-hybridized carbons (Fsp3) is 0.200. The van der Waals surface area contributed by atoms with Crippen LogP contribution in [0.1, 0.15) is 11.1 Å². The number of benzene rings is 2. The smallest absolute Gasteiger partial charge is 0.162 e. The maximum atomic E-state index is 13.0. The molecule has 2 aromatic rings. The van der Waals surface area contributed by atoms with Gasteiger partial charge in [-0.15, -0.1) is 0 Å². The van der Waals surface area contributed by atoms with E-state index in [0.29, 0.717) is 24.3 Å². The average molecular weight is 278 g/mol. The van der Waals surface area contributed by atoms with Crippen molar-refractivity contribution in [2.75, 3.05) is 6.61 Å². The van der Waals surface area contributed by atoms with E-state index in [1.807, 2.05) is 0 Å². The molecule has 3 rings (SSSR count). The van der Waals surface area contributed by atoms with Gasteiger partial charge in [-0.05, 0) is 24.3 Å². The zero-order valence-electron chi connectivity index (χ0n) is 10.5. The van der Waals surface area contributed by atoms with E-state index in [0.717, 1.165) is 17.7 Å². The Kier molecular flexibility index (Phi) is 3.18. The van der Waals surface area contributed by atoms with Crippen molar-refractivity contribution in [3.05, 3.63) is 53.1 Å². The lowest BCUT2D eigenvalue weighted by molar-refractivity contribution is 0.296. The Morgan fingerprint density at radius 1 is 1.15 bits per heavy atom. The summed E-state index contributed by atoms with van der Waals surface area (Å²) in [4.78, 5) is 0. The van der Waals surface area contributed by atoms with Crippen molar-refractivity contribution in [3.63, 3.8) is 0 Å². The maximum absolute atomic E-state index is 13.0. The molecule has 2 aromatic carbocycles. The number of rotatable bonds is 3. The zero-order valence-corrected chi connectivity index (χ0v) is 10.5. The van der Waals surface area contributed by atoms with Crippen molar-refractivity contribution in [1.82, 2.24) is 0 Å². The molecule has 1 N–H and O–H groups in total. The Bertz CT molecular complexity index is 656. The first-order valence-electron chi connectivity index (χ1n) is 6.19. The van der Waals surface area contributed by atoms with Gasteiger partial charge in [-0.25, -0.2) is 8.78 Å². The molecule has 1 aliphatic rings. The second-order valence-electron chi connectivity index (χ2n) is 4.51. The van der Waals surface area contributed by atoms with E-state index in [-0.39, 0.29) is 18.1 Å². The molecule has 1 heterocycles. The summed E-state index contributed by atoms with van der Waals surface area (Å²) in [5, 5.41) is 10.1. The molecule has 0 amide bonds. The van der Waals surface area contributed by atoms with E-state index in [9.17, 15) is 13.9 Å². The van der Waals surface area contributed by atoms with Crippen molar-refractivity contribution in [1.29, 1.82) is 0 Å². The van der Waals surface area contributed by atoms with E-state index < -0.39 is 11.6 Å². The highest BCUT2D eigenvalue weighted by Crippen LogP contribution is 2.35. The summed E-state index contributed by atoms with van der Waals surface area (Å²) >= 11 is 0. The van der Waals surface area contributed by atoms with Gasteiger partial charge < -0.3 is 14.6 Å². The Morgan fingerprint density at radius 2 is 2.00 bits per heavy atom. The second-order valence-corrected chi connectivity index (χ2v) is 4.51. The van der Waals surface area contributed by atoms with Crippen LogP contribution in [0.3, 0.4) is 0 Å². The predicted molar refractivity (Wildman–Crippen MR) is 68.0 cm³/mol. The van der Waals surface area contributed by atoms with E-state index in [1.165, 1.54) is 6.07 Å². The standard InChI is InChI=1S/C15H12F2O3/c16-12-3-2-10(7-13(12)17)20-8-9-1-4-14-11(15(9)18)5-6-19-14/h1-4,7,18H,5-6,8H2. The monoisotopic (exact) mass is 278 g/mol. The quantitative estimate of drug-likeness (QED) is 0.937. The Balaban J connectivity index is 1.77. The number of phenols is 1. The van der Waals surface area contributed by atoms with Gasteiger partial charge in [0, 0.05) is 23.6 Å². The lowest BCUT2D eigenvalue weighted by Gasteiger charge is -2.10. The number of hydrogen-bond donors (Lipinski definition) is 1. The van der Waals surface area contributed by atoms with E-state index in [2.05, 4.69) is 0 Å². The summed E-state index contributed by atoms with van der Waals surface area (Å²) in [6.07, 6.45) is 0.653. The number of halogens is 2. The van der Waals surface area contributed by atoms with Gasteiger partial charge in [-0.1, -0.05) is 0 Å². The fourth-order valence-corrected chi connectivity index (χ4v) is 2.15. The molecule has 0 saturated carbocycles. The molecule has 0 fully saturated rings. The number of hydrogen-bond acceptors (Lipinski definition) is 3. The first-order valence-corrected chi connectivity index (χ1v) is 6.19. The van der Waals surface area contributed by atoms with Crippen LogP contribution in [-0.4, -0.2) is 11.7 Å². The maximum Gasteiger partial charge on any atom is 0.162 e. The van der Waals surface area contributed by atoms with Gasteiger partial charge in [-0.3, -0.25) is 0 Å². The molecule has 0 radical (unpaired) electrons. The molecule has 0 unspecified atom stereocenters. The van der Waals surface area contributed by atoms with Gasteiger partial charge in [0.15, 0.2) is 11.6 Å². The number of fused-ring (bicyclic) bond motifs is 1. The number of phenolic OH excluding ortho intramolecular Hbond substituents is 1. The minimum Gasteiger partial charge on any atom is -0.507 e. The molecule has 0 bridgehead atoms. The van der Waals surface area contributed by atoms with E-state index in [1.54, 1.807) is 12.1 Å². The molecular weight excluding hydrogens is 266 g/mol. The lowest BCUT2D eigenvalue weighted by atomic mass is 10.1. The molecule has 20 heavy (non-hydrogen) atoms. The van der Waals surface area contributed by atoms with Crippen molar-refractivity contribution < 1.29 is 23.4 Å². The largest absolute Gasteiger partial charge is 0.507 e. The molecule has 5 heteroatoms. The van der Waals surface area contributed by atoms with Crippen LogP contribution >= 0.6 is 0 Å². The van der Waals surface area contributed by atoms with Crippen molar-refractivity contribution in [2.24, 2.45) is 0 Å². The minimum atomic E-state index is -0.964. The molecule has 0 spiro atoms. The van der Waals surface area contributed by atoms with Gasteiger partial charge >= 0.3 is 0 Å². The Labute approximate surface area is 114 Å². The molecule has 0 saturated heterocycles. The van der Waals surface area contributed by atoms with Crippen molar-refractivity contribution in [3.8, 4) is 17.2 Å². The summed E-state index contributed by atoms with van der Waals surface area (Å²) in [5.41, 5.74) is 1.34. The average Bonchev–Trinajstić information content (AvgIpc) is 2.91. The van der Waals surface area contributed by atoms with E-state index >= 15 is 0 Å². The second kappa shape index (κ2) is 5.00. The number of ether oxygens (including phenoxy) is 2. The molecular formula is C15H12F2O3. The van der Waals surface area contributed by atoms with Crippen LogP contribution in [-0.2, 0) is 13.0 Å². The Morgan fingerprint density at radius 3 is 2.80 bits per heavy atom. The van der Waals surface area contributed by atoms with Crippen LogP contribution in [0.5, 0.6) is 17.2 Å². The highest BCUT2D eigenvalue weighted by atomic mass is 19.2. The van der Waals surface area contributed by atoms with Crippen LogP contribution in [0.4, 0.5) is 8.78 Å². The number of aromatic hydroxyl groups is 1. The molecule has 104 valence electrons.